The van der Waals surface area contributed by atoms with Crippen LogP contribution in [0.2, 0.25) is 0 Å². The van der Waals surface area contributed by atoms with Gasteiger partial charge in [-0.25, -0.2) is 0 Å². The molecule has 1 amide bonds. The van der Waals surface area contributed by atoms with Gasteiger partial charge >= 0.3 is 0 Å². The topological polar surface area (TPSA) is 59.8 Å². The molecular formula is C16H18N4OS. The number of rotatable bonds is 4. The van der Waals surface area contributed by atoms with Crippen LogP contribution in [0.1, 0.15) is 29.2 Å². The number of aromatic nitrogens is 3. The Morgan fingerprint density at radius 3 is 2.95 bits per heavy atom. The highest BCUT2D eigenvalue weighted by atomic mass is 32.1. The third-order valence-corrected chi connectivity index (χ3v) is 4.44. The predicted octanol–water partition coefficient (Wildman–Crippen LogP) is 3.71. The minimum Gasteiger partial charge on any atom is -0.320 e. The van der Waals surface area contributed by atoms with Gasteiger partial charge in [0.25, 0.3) is 5.91 Å². The molecule has 3 aromatic heterocycles. The SMILES string of the molecule is Cc1nn(CC(C)C)c2sc(C(=O)Nc3cccnc3)cc12. The molecule has 0 saturated carbocycles. The summed E-state index contributed by atoms with van der Waals surface area (Å²) in [5.41, 5.74) is 1.66. The van der Waals surface area contributed by atoms with Crippen LogP contribution in [0.4, 0.5) is 5.69 Å². The normalized spacial score (nSPS) is 11.3. The van der Waals surface area contributed by atoms with E-state index in [1.54, 1.807) is 18.5 Å². The highest BCUT2D eigenvalue weighted by Crippen LogP contribution is 2.29. The van der Waals surface area contributed by atoms with Crippen LogP contribution in [0.25, 0.3) is 10.2 Å². The van der Waals surface area contributed by atoms with Gasteiger partial charge in [0.05, 0.1) is 22.5 Å². The Kier molecular flexibility index (Phi) is 3.94. The third kappa shape index (κ3) is 2.87. The van der Waals surface area contributed by atoms with Crippen molar-refractivity contribution >= 4 is 33.1 Å². The number of aryl methyl sites for hydroxylation is 1. The number of amides is 1. The minimum atomic E-state index is -0.107. The number of carbonyl (C=O) groups excluding carboxylic acids is 1. The zero-order valence-corrected chi connectivity index (χ0v) is 13.6. The molecule has 0 spiro atoms. The van der Waals surface area contributed by atoms with Gasteiger partial charge in [-0.1, -0.05) is 13.8 Å². The summed E-state index contributed by atoms with van der Waals surface area (Å²) in [6.07, 6.45) is 3.32. The molecule has 0 unspecified atom stereocenters. The van der Waals surface area contributed by atoms with Gasteiger partial charge in [-0.2, -0.15) is 5.10 Å². The van der Waals surface area contributed by atoms with E-state index in [2.05, 4.69) is 29.2 Å². The quantitative estimate of drug-likeness (QED) is 0.798. The number of fused-ring (bicyclic) bond motifs is 1. The molecule has 0 bridgehead atoms. The summed E-state index contributed by atoms with van der Waals surface area (Å²) >= 11 is 1.48. The molecule has 0 saturated heterocycles. The van der Waals surface area contributed by atoms with E-state index in [1.807, 2.05) is 23.7 Å². The Hall–Kier alpha value is -2.21. The van der Waals surface area contributed by atoms with Crippen LogP contribution in [0.5, 0.6) is 0 Å². The molecule has 0 aromatic carbocycles. The zero-order chi connectivity index (χ0) is 15.7. The Morgan fingerprint density at radius 2 is 2.27 bits per heavy atom. The van der Waals surface area contributed by atoms with E-state index in [4.69, 9.17) is 0 Å². The maximum atomic E-state index is 12.4. The molecule has 0 radical (unpaired) electrons. The van der Waals surface area contributed by atoms with Crippen molar-refractivity contribution in [2.24, 2.45) is 5.92 Å². The molecule has 22 heavy (non-hydrogen) atoms. The van der Waals surface area contributed by atoms with Crippen molar-refractivity contribution < 1.29 is 4.79 Å². The van der Waals surface area contributed by atoms with E-state index in [0.717, 1.165) is 22.5 Å². The maximum absolute atomic E-state index is 12.4. The van der Waals surface area contributed by atoms with Crippen LogP contribution in [0, 0.1) is 12.8 Å². The summed E-state index contributed by atoms with van der Waals surface area (Å²) in [5.74, 6) is 0.405. The van der Waals surface area contributed by atoms with Gasteiger partial charge in [0.15, 0.2) is 0 Å². The number of hydrogen-bond acceptors (Lipinski definition) is 4. The van der Waals surface area contributed by atoms with Gasteiger partial charge in [0, 0.05) is 18.1 Å². The molecule has 1 N–H and O–H groups in total. The van der Waals surface area contributed by atoms with E-state index in [-0.39, 0.29) is 5.91 Å². The largest absolute Gasteiger partial charge is 0.320 e. The van der Waals surface area contributed by atoms with E-state index >= 15 is 0 Å². The summed E-state index contributed by atoms with van der Waals surface area (Å²) in [6.45, 7) is 7.15. The first-order chi connectivity index (χ1) is 10.5. The van der Waals surface area contributed by atoms with Crippen molar-refractivity contribution in [2.45, 2.75) is 27.3 Å². The number of thiophene rings is 1. The molecule has 3 heterocycles. The van der Waals surface area contributed by atoms with Crippen molar-refractivity contribution in [3.63, 3.8) is 0 Å². The van der Waals surface area contributed by atoms with Crippen LogP contribution >= 0.6 is 11.3 Å². The van der Waals surface area contributed by atoms with Crippen molar-refractivity contribution in [1.29, 1.82) is 0 Å². The van der Waals surface area contributed by atoms with Gasteiger partial charge in [0.2, 0.25) is 0 Å². The fourth-order valence-electron chi connectivity index (χ4n) is 2.32. The van der Waals surface area contributed by atoms with Crippen molar-refractivity contribution in [3.8, 4) is 0 Å². The standard InChI is InChI=1S/C16H18N4OS/c1-10(2)9-20-16-13(11(3)19-20)7-14(22-16)15(21)18-12-5-4-6-17-8-12/h4-8,10H,9H2,1-3H3,(H,18,21). The lowest BCUT2D eigenvalue weighted by Gasteiger charge is -2.05. The predicted molar refractivity (Wildman–Crippen MR) is 89.4 cm³/mol. The lowest BCUT2D eigenvalue weighted by atomic mass is 10.2. The monoisotopic (exact) mass is 314 g/mol. The number of carbonyl (C=O) groups is 1. The summed E-state index contributed by atoms with van der Waals surface area (Å²) in [6, 6.07) is 5.54. The molecule has 114 valence electrons. The Balaban J connectivity index is 1.90. The minimum absolute atomic E-state index is 0.107. The van der Waals surface area contributed by atoms with Crippen LogP contribution in [0.15, 0.2) is 30.6 Å². The molecule has 0 aliphatic heterocycles. The fraction of sp³-hybridized carbons (Fsp3) is 0.312. The second-order valence-corrected chi connectivity index (χ2v) is 6.72. The van der Waals surface area contributed by atoms with Gasteiger partial charge in [-0.3, -0.25) is 14.5 Å². The summed E-state index contributed by atoms with van der Waals surface area (Å²) in [4.78, 5) is 18.1. The molecule has 0 aliphatic carbocycles. The number of nitrogens with zero attached hydrogens (tertiary/aromatic N) is 3. The molecule has 3 rings (SSSR count). The number of hydrogen-bond donors (Lipinski definition) is 1. The molecule has 6 heteroatoms. The van der Waals surface area contributed by atoms with Crippen LogP contribution in [-0.4, -0.2) is 20.7 Å². The molecule has 0 aliphatic rings. The van der Waals surface area contributed by atoms with Crippen LogP contribution < -0.4 is 5.32 Å². The molecule has 3 aromatic rings. The highest BCUT2D eigenvalue weighted by Gasteiger charge is 2.16. The lowest BCUT2D eigenvalue weighted by Crippen LogP contribution is -2.10. The van der Waals surface area contributed by atoms with E-state index < -0.39 is 0 Å². The Labute approximate surface area is 133 Å². The first kappa shape index (κ1) is 14.7. The van der Waals surface area contributed by atoms with Gasteiger partial charge < -0.3 is 5.32 Å². The molecular weight excluding hydrogens is 296 g/mol. The Morgan fingerprint density at radius 1 is 1.45 bits per heavy atom. The van der Waals surface area contributed by atoms with Crippen molar-refractivity contribution in [2.75, 3.05) is 5.32 Å². The first-order valence-corrected chi connectivity index (χ1v) is 8.04. The van der Waals surface area contributed by atoms with E-state index in [9.17, 15) is 4.79 Å². The Bertz CT molecular complexity index is 804. The second-order valence-electron chi connectivity index (χ2n) is 5.69. The average Bonchev–Trinajstić information content (AvgIpc) is 3.02. The summed E-state index contributed by atoms with van der Waals surface area (Å²) in [5, 5.41) is 8.49. The molecule has 0 fully saturated rings. The zero-order valence-electron chi connectivity index (χ0n) is 12.8. The average molecular weight is 314 g/mol. The fourth-order valence-corrected chi connectivity index (χ4v) is 3.39. The van der Waals surface area contributed by atoms with Gasteiger partial charge in [-0.05, 0) is 31.0 Å². The maximum Gasteiger partial charge on any atom is 0.265 e. The number of anilines is 1. The smallest absolute Gasteiger partial charge is 0.265 e. The summed E-state index contributed by atoms with van der Waals surface area (Å²) < 4.78 is 2.00. The van der Waals surface area contributed by atoms with Gasteiger partial charge in [0.1, 0.15) is 4.83 Å². The highest BCUT2D eigenvalue weighted by molar-refractivity contribution is 7.20. The third-order valence-electron chi connectivity index (χ3n) is 3.29. The molecule has 5 nitrogen and oxygen atoms in total. The van der Waals surface area contributed by atoms with E-state index in [0.29, 0.717) is 16.5 Å². The van der Waals surface area contributed by atoms with Crippen LogP contribution in [0.3, 0.4) is 0 Å². The first-order valence-electron chi connectivity index (χ1n) is 7.23. The van der Waals surface area contributed by atoms with Gasteiger partial charge in [-0.15, -0.1) is 11.3 Å². The molecule has 0 atom stereocenters. The van der Waals surface area contributed by atoms with Crippen molar-refractivity contribution in [1.82, 2.24) is 14.8 Å². The van der Waals surface area contributed by atoms with Crippen molar-refractivity contribution in [3.05, 3.63) is 41.2 Å². The summed E-state index contributed by atoms with van der Waals surface area (Å²) in [7, 11) is 0. The van der Waals surface area contributed by atoms with Crippen LogP contribution in [-0.2, 0) is 6.54 Å². The van der Waals surface area contributed by atoms with E-state index in [1.165, 1.54) is 11.3 Å². The second kappa shape index (κ2) is 5.88. The number of pyridine rings is 1. The number of nitrogens with one attached hydrogen (secondary N) is 1. The lowest BCUT2D eigenvalue weighted by molar-refractivity contribution is 0.103.